The van der Waals surface area contributed by atoms with Gasteiger partial charge in [0, 0.05) is 18.1 Å². The highest BCUT2D eigenvalue weighted by atomic mass is 79.9. The Labute approximate surface area is 152 Å². The Morgan fingerprint density at radius 1 is 1.36 bits per heavy atom. The molecule has 1 aromatic heterocycles. The second-order valence-corrected chi connectivity index (χ2v) is 6.66. The smallest absolute Gasteiger partial charge is 0.294 e. The zero-order valence-electron chi connectivity index (χ0n) is 13.5. The summed E-state index contributed by atoms with van der Waals surface area (Å²) in [6, 6.07) is 9.77. The highest BCUT2D eigenvalue weighted by molar-refractivity contribution is 9.18. The predicted octanol–water partition coefficient (Wildman–Crippen LogP) is 2.43. The lowest BCUT2D eigenvalue weighted by Gasteiger charge is -2.27. The second kappa shape index (κ2) is 6.62. The Morgan fingerprint density at radius 3 is 3.00 bits per heavy atom. The molecular weight excluding hydrogens is 392 g/mol. The van der Waals surface area contributed by atoms with Crippen molar-refractivity contribution < 1.29 is 24.2 Å². The van der Waals surface area contributed by atoms with Crippen molar-refractivity contribution in [1.82, 2.24) is 4.98 Å². The van der Waals surface area contributed by atoms with Crippen LogP contribution in [0.1, 0.15) is 17.5 Å². The maximum Gasteiger partial charge on any atom is 0.294 e. The summed E-state index contributed by atoms with van der Waals surface area (Å²) in [5.41, 5.74) is 2.22. The molecule has 0 aliphatic carbocycles. The molecule has 3 atom stereocenters. The first-order valence-electron chi connectivity index (χ1n) is 7.90. The Hall–Kier alpha value is -1.58. The van der Waals surface area contributed by atoms with E-state index < -0.39 is 12.1 Å². The molecule has 0 radical (unpaired) electrons. The molecule has 8 heteroatoms. The molecule has 0 amide bonds. The van der Waals surface area contributed by atoms with Gasteiger partial charge in [0.05, 0.1) is 25.3 Å². The van der Waals surface area contributed by atoms with Crippen LogP contribution in [0, 0.1) is 5.92 Å². The van der Waals surface area contributed by atoms with Crippen LogP contribution in [0.4, 0.5) is 0 Å². The molecule has 7 nitrogen and oxygen atoms in total. The first-order chi connectivity index (χ1) is 12.2. The van der Waals surface area contributed by atoms with E-state index in [4.69, 9.17) is 29.1 Å². The van der Waals surface area contributed by atoms with Gasteiger partial charge in [-0.05, 0) is 28.1 Å². The molecule has 0 saturated carbocycles. The van der Waals surface area contributed by atoms with Crippen molar-refractivity contribution >= 4 is 31.5 Å². The average Bonchev–Trinajstić information content (AvgIpc) is 3.11. The van der Waals surface area contributed by atoms with Crippen LogP contribution in [0.25, 0.3) is 10.9 Å². The van der Waals surface area contributed by atoms with Crippen molar-refractivity contribution in [3.63, 3.8) is 0 Å². The normalized spacial score (nSPS) is 27.6. The second-order valence-electron chi connectivity index (χ2n) is 5.84. The van der Waals surface area contributed by atoms with E-state index in [1.54, 1.807) is 7.11 Å². The van der Waals surface area contributed by atoms with Gasteiger partial charge in [0.2, 0.25) is 0 Å². The summed E-state index contributed by atoms with van der Waals surface area (Å²) < 4.78 is 17.7. The first-order valence-corrected chi connectivity index (χ1v) is 8.70. The predicted molar refractivity (Wildman–Crippen MR) is 93.1 cm³/mol. The molecule has 132 valence electrons. The Morgan fingerprint density at radius 2 is 2.20 bits per heavy atom. The number of hydrogen-bond donors (Lipinski definition) is 1. The number of halogens is 1. The van der Waals surface area contributed by atoms with E-state index in [0.717, 1.165) is 16.5 Å². The number of aliphatic hydroxyl groups excluding tert-OH is 1. The van der Waals surface area contributed by atoms with Gasteiger partial charge in [0.15, 0.2) is 6.29 Å². The third-order valence-electron chi connectivity index (χ3n) is 4.33. The number of hydrogen-bond acceptors (Lipinski definition) is 7. The number of ether oxygens (including phenoxy) is 3. The fraction of sp³-hybridized carbons (Fsp3) is 0.412. The van der Waals surface area contributed by atoms with Crippen molar-refractivity contribution in [1.29, 1.82) is 0 Å². The van der Waals surface area contributed by atoms with E-state index in [2.05, 4.69) is 21.1 Å². The molecule has 0 saturated heterocycles. The molecule has 0 fully saturated rings. The summed E-state index contributed by atoms with van der Waals surface area (Å²) in [6.45, 7) is 0.375. The SMILES string of the molecule is COC[C@@H]1C(Br)=NO[C@@]12O[C@@H](OCCO)c1cc3ccccc3nc12. The van der Waals surface area contributed by atoms with E-state index in [-0.39, 0.29) is 19.1 Å². The molecule has 3 heterocycles. The van der Waals surface area contributed by atoms with E-state index in [1.807, 2.05) is 30.3 Å². The van der Waals surface area contributed by atoms with Crippen LogP contribution in [0.15, 0.2) is 35.5 Å². The van der Waals surface area contributed by atoms with Crippen LogP contribution in [-0.2, 0) is 24.8 Å². The lowest BCUT2D eigenvalue weighted by atomic mass is 9.95. The minimum atomic E-state index is -1.21. The zero-order chi connectivity index (χ0) is 17.4. The van der Waals surface area contributed by atoms with Gasteiger partial charge in [-0.15, -0.1) is 0 Å². The van der Waals surface area contributed by atoms with E-state index >= 15 is 0 Å². The molecule has 1 aromatic carbocycles. The largest absolute Gasteiger partial charge is 0.394 e. The Bertz CT molecular complexity index is 830. The summed E-state index contributed by atoms with van der Waals surface area (Å²) >= 11 is 3.42. The third kappa shape index (κ3) is 2.65. The van der Waals surface area contributed by atoms with Crippen molar-refractivity contribution in [3.8, 4) is 0 Å². The maximum atomic E-state index is 9.10. The minimum Gasteiger partial charge on any atom is -0.394 e. The Kier molecular flexibility index (Phi) is 4.47. The van der Waals surface area contributed by atoms with Gasteiger partial charge in [-0.25, -0.2) is 4.98 Å². The maximum absolute atomic E-state index is 9.10. The van der Waals surface area contributed by atoms with Crippen LogP contribution in [0.2, 0.25) is 0 Å². The molecule has 0 bridgehead atoms. The van der Waals surface area contributed by atoms with Gasteiger partial charge < -0.3 is 19.4 Å². The summed E-state index contributed by atoms with van der Waals surface area (Å²) in [6.07, 6.45) is -0.702. The monoisotopic (exact) mass is 408 g/mol. The van der Waals surface area contributed by atoms with Crippen LogP contribution >= 0.6 is 15.9 Å². The van der Waals surface area contributed by atoms with Gasteiger partial charge in [-0.3, -0.25) is 4.74 Å². The summed E-state index contributed by atoms with van der Waals surface area (Å²) in [7, 11) is 1.61. The summed E-state index contributed by atoms with van der Waals surface area (Å²) in [5, 5.41) is 14.1. The number of fused-ring (bicyclic) bond motifs is 3. The van der Waals surface area contributed by atoms with Crippen LogP contribution < -0.4 is 0 Å². The third-order valence-corrected chi connectivity index (χ3v) is 5.03. The number of methoxy groups -OCH3 is 1. The standard InChI is InChI=1S/C17H17BrN2O5/c1-22-9-12-15(18)20-25-17(12)14-11(16(24-17)23-7-6-21)8-10-4-2-3-5-13(10)19-14/h2-5,8,12,16,21H,6-7,9H2,1H3/t12-,16-,17+/m1/s1. The first kappa shape index (κ1) is 16.9. The molecule has 4 rings (SSSR count). The van der Waals surface area contributed by atoms with E-state index in [0.29, 0.717) is 16.9 Å². The molecule has 2 aliphatic heterocycles. The van der Waals surface area contributed by atoms with Crippen LogP contribution in [0.3, 0.4) is 0 Å². The highest BCUT2D eigenvalue weighted by Gasteiger charge is 2.60. The topological polar surface area (TPSA) is 82.4 Å². The van der Waals surface area contributed by atoms with Gasteiger partial charge in [0.25, 0.3) is 5.79 Å². The number of pyridine rings is 1. The molecule has 1 spiro atoms. The van der Waals surface area contributed by atoms with Crippen LogP contribution in [0.5, 0.6) is 0 Å². The fourth-order valence-electron chi connectivity index (χ4n) is 3.21. The number of aliphatic hydroxyl groups is 1. The lowest BCUT2D eigenvalue weighted by Crippen LogP contribution is -2.38. The summed E-state index contributed by atoms with van der Waals surface area (Å²) in [4.78, 5) is 10.5. The molecular formula is C17H17BrN2O5. The number of oxime groups is 1. The van der Waals surface area contributed by atoms with Crippen molar-refractivity contribution in [3.05, 3.63) is 41.6 Å². The van der Waals surface area contributed by atoms with E-state index in [9.17, 15) is 0 Å². The molecule has 1 N–H and O–H groups in total. The zero-order valence-corrected chi connectivity index (χ0v) is 15.1. The number of aromatic nitrogens is 1. The highest BCUT2D eigenvalue weighted by Crippen LogP contribution is 2.52. The van der Waals surface area contributed by atoms with Crippen LogP contribution in [-0.4, -0.2) is 41.6 Å². The van der Waals surface area contributed by atoms with Gasteiger partial charge in [-0.2, -0.15) is 0 Å². The number of nitrogens with zero attached hydrogens (tertiary/aromatic N) is 2. The molecule has 25 heavy (non-hydrogen) atoms. The van der Waals surface area contributed by atoms with Gasteiger partial charge in [0.1, 0.15) is 16.2 Å². The number of rotatable bonds is 5. The Balaban J connectivity index is 1.85. The van der Waals surface area contributed by atoms with E-state index in [1.165, 1.54) is 0 Å². The summed E-state index contributed by atoms with van der Waals surface area (Å²) in [5.74, 6) is -1.53. The van der Waals surface area contributed by atoms with Gasteiger partial charge >= 0.3 is 0 Å². The molecule has 2 aromatic rings. The number of para-hydroxylation sites is 1. The number of benzene rings is 1. The lowest BCUT2D eigenvalue weighted by molar-refractivity contribution is -0.313. The molecule has 2 aliphatic rings. The quantitative estimate of drug-likeness (QED) is 0.817. The van der Waals surface area contributed by atoms with Gasteiger partial charge in [-0.1, -0.05) is 23.4 Å². The fourth-order valence-corrected chi connectivity index (χ4v) is 3.71. The van der Waals surface area contributed by atoms with Crippen molar-refractivity contribution in [2.24, 2.45) is 11.1 Å². The van der Waals surface area contributed by atoms with Crippen molar-refractivity contribution in [2.45, 2.75) is 12.1 Å². The average molecular weight is 409 g/mol. The molecule has 0 unspecified atom stereocenters. The van der Waals surface area contributed by atoms with Crippen molar-refractivity contribution in [2.75, 3.05) is 26.9 Å². The minimum absolute atomic E-state index is 0.105.